The van der Waals surface area contributed by atoms with Crippen molar-refractivity contribution in [2.75, 3.05) is 19.0 Å². The van der Waals surface area contributed by atoms with E-state index >= 15 is 0 Å². The molecule has 0 aliphatic rings. The van der Waals surface area contributed by atoms with Gasteiger partial charge in [-0.3, -0.25) is 10.1 Å². The zero-order valence-corrected chi connectivity index (χ0v) is 9.84. The summed E-state index contributed by atoms with van der Waals surface area (Å²) in [6.07, 6.45) is 0. The summed E-state index contributed by atoms with van der Waals surface area (Å²) in [4.78, 5) is 10.4. The molecule has 0 aliphatic heterocycles. The van der Waals surface area contributed by atoms with Gasteiger partial charge in [-0.2, -0.15) is 0 Å². The SMILES string of the molecule is COC[C@H](C)Nc1cc(CO)ccc1[N+](=O)[O-]. The summed E-state index contributed by atoms with van der Waals surface area (Å²) < 4.78 is 4.95. The Bertz CT molecular complexity index is 395. The number of aliphatic hydroxyl groups is 1. The van der Waals surface area contributed by atoms with E-state index in [1.165, 1.54) is 12.1 Å². The van der Waals surface area contributed by atoms with Gasteiger partial charge in [0.2, 0.25) is 0 Å². The van der Waals surface area contributed by atoms with E-state index in [2.05, 4.69) is 5.32 Å². The molecule has 6 nitrogen and oxygen atoms in total. The predicted octanol–water partition coefficient (Wildman–Crippen LogP) is 1.53. The quantitative estimate of drug-likeness (QED) is 0.582. The van der Waals surface area contributed by atoms with Gasteiger partial charge >= 0.3 is 0 Å². The van der Waals surface area contributed by atoms with Crippen LogP contribution in [0.15, 0.2) is 18.2 Å². The molecule has 0 bridgehead atoms. The van der Waals surface area contributed by atoms with Crippen LogP contribution >= 0.6 is 0 Å². The largest absolute Gasteiger partial charge is 0.392 e. The molecule has 0 fully saturated rings. The molecular weight excluding hydrogens is 224 g/mol. The fraction of sp³-hybridized carbons (Fsp3) is 0.455. The number of ether oxygens (including phenoxy) is 1. The molecule has 0 aliphatic carbocycles. The Labute approximate surface area is 99.4 Å². The smallest absolute Gasteiger partial charge is 0.292 e. The van der Waals surface area contributed by atoms with E-state index in [-0.39, 0.29) is 18.3 Å². The molecule has 1 aromatic rings. The first-order valence-corrected chi connectivity index (χ1v) is 5.22. The summed E-state index contributed by atoms with van der Waals surface area (Å²) >= 11 is 0. The van der Waals surface area contributed by atoms with Gasteiger partial charge in [0.25, 0.3) is 5.69 Å². The van der Waals surface area contributed by atoms with Gasteiger partial charge in [0.1, 0.15) is 5.69 Å². The molecular formula is C11H16N2O4. The van der Waals surface area contributed by atoms with Crippen molar-refractivity contribution in [3.8, 4) is 0 Å². The van der Waals surface area contributed by atoms with E-state index in [0.29, 0.717) is 17.9 Å². The standard InChI is InChI=1S/C11H16N2O4/c1-8(7-17-2)12-10-5-9(6-14)3-4-11(10)13(15)16/h3-5,8,12,14H,6-7H2,1-2H3/t8-/m0/s1. The van der Waals surface area contributed by atoms with Crippen LogP contribution in [0.2, 0.25) is 0 Å². The normalized spacial score (nSPS) is 12.2. The van der Waals surface area contributed by atoms with Gasteiger partial charge in [0, 0.05) is 19.2 Å². The predicted molar refractivity (Wildman–Crippen MR) is 64.0 cm³/mol. The first-order valence-electron chi connectivity index (χ1n) is 5.22. The van der Waals surface area contributed by atoms with Crippen LogP contribution in [0.3, 0.4) is 0 Å². The molecule has 1 aromatic carbocycles. The van der Waals surface area contributed by atoms with Crippen molar-refractivity contribution in [1.29, 1.82) is 0 Å². The molecule has 6 heteroatoms. The molecule has 17 heavy (non-hydrogen) atoms. The van der Waals surface area contributed by atoms with Crippen LogP contribution in [0.5, 0.6) is 0 Å². The molecule has 1 rings (SSSR count). The highest BCUT2D eigenvalue weighted by Crippen LogP contribution is 2.26. The topological polar surface area (TPSA) is 84.6 Å². The van der Waals surface area contributed by atoms with Crippen LogP contribution in [0.1, 0.15) is 12.5 Å². The maximum absolute atomic E-state index is 10.8. The third-order valence-electron chi connectivity index (χ3n) is 2.26. The molecule has 0 amide bonds. The zero-order valence-electron chi connectivity index (χ0n) is 9.84. The van der Waals surface area contributed by atoms with Gasteiger partial charge in [-0.15, -0.1) is 0 Å². The highest BCUT2D eigenvalue weighted by molar-refractivity contribution is 5.63. The number of nitrogens with zero attached hydrogens (tertiary/aromatic N) is 1. The lowest BCUT2D eigenvalue weighted by Crippen LogP contribution is -2.21. The highest BCUT2D eigenvalue weighted by Gasteiger charge is 2.15. The number of anilines is 1. The molecule has 94 valence electrons. The molecule has 0 saturated carbocycles. The Balaban J connectivity index is 2.96. The minimum Gasteiger partial charge on any atom is -0.392 e. The van der Waals surface area contributed by atoms with E-state index in [4.69, 9.17) is 9.84 Å². The van der Waals surface area contributed by atoms with Crippen molar-refractivity contribution in [1.82, 2.24) is 0 Å². The summed E-state index contributed by atoms with van der Waals surface area (Å²) in [6, 6.07) is 4.44. The summed E-state index contributed by atoms with van der Waals surface area (Å²) in [6.45, 7) is 2.16. The lowest BCUT2D eigenvalue weighted by molar-refractivity contribution is -0.384. The maximum atomic E-state index is 10.8. The number of rotatable bonds is 6. The van der Waals surface area contributed by atoms with Gasteiger partial charge in [-0.1, -0.05) is 0 Å². The van der Waals surface area contributed by atoms with E-state index in [9.17, 15) is 10.1 Å². The van der Waals surface area contributed by atoms with Crippen LogP contribution in [-0.4, -0.2) is 29.8 Å². The number of hydrogen-bond donors (Lipinski definition) is 2. The van der Waals surface area contributed by atoms with Crippen molar-refractivity contribution in [2.45, 2.75) is 19.6 Å². The average molecular weight is 240 g/mol. The first kappa shape index (κ1) is 13.4. The van der Waals surface area contributed by atoms with Crippen molar-refractivity contribution in [3.63, 3.8) is 0 Å². The Morgan fingerprint density at radius 1 is 1.59 bits per heavy atom. The third kappa shape index (κ3) is 3.69. The summed E-state index contributed by atoms with van der Waals surface area (Å²) in [5.41, 5.74) is 1.01. The zero-order chi connectivity index (χ0) is 12.8. The molecule has 0 radical (unpaired) electrons. The van der Waals surface area contributed by atoms with Gasteiger partial charge in [-0.05, 0) is 24.6 Å². The van der Waals surface area contributed by atoms with E-state index in [1.54, 1.807) is 13.2 Å². The minimum absolute atomic E-state index is 0.00912. The monoisotopic (exact) mass is 240 g/mol. The van der Waals surface area contributed by atoms with Gasteiger partial charge in [-0.25, -0.2) is 0 Å². The number of nitro benzene ring substituents is 1. The second-order valence-electron chi connectivity index (χ2n) is 3.77. The molecule has 2 N–H and O–H groups in total. The number of nitro groups is 1. The first-order chi connectivity index (χ1) is 8.08. The molecule has 0 saturated heterocycles. The maximum Gasteiger partial charge on any atom is 0.292 e. The lowest BCUT2D eigenvalue weighted by atomic mass is 10.1. The van der Waals surface area contributed by atoms with Crippen LogP contribution in [0.25, 0.3) is 0 Å². The molecule has 0 unspecified atom stereocenters. The Kier molecular flexibility index (Phi) is 4.86. The minimum atomic E-state index is -0.455. The average Bonchev–Trinajstić information content (AvgIpc) is 2.28. The van der Waals surface area contributed by atoms with Crippen molar-refractivity contribution < 1.29 is 14.8 Å². The molecule has 1 atom stereocenters. The fourth-order valence-electron chi connectivity index (χ4n) is 1.51. The van der Waals surface area contributed by atoms with Gasteiger partial charge in [0.05, 0.1) is 18.1 Å². The lowest BCUT2D eigenvalue weighted by Gasteiger charge is -2.14. The number of aliphatic hydroxyl groups excluding tert-OH is 1. The van der Waals surface area contributed by atoms with Crippen molar-refractivity contribution in [2.24, 2.45) is 0 Å². The van der Waals surface area contributed by atoms with Crippen LogP contribution in [0, 0.1) is 10.1 Å². The Morgan fingerprint density at radius 2 is 2.29 bits per heavy atom. The summed E-state index contributed by atoms with van der Waals surface area (Å²) in [5.74, 6) is 0. The van der Waals surface area contributed by atoms with Crippen LogP contribution < -0.4 is 5.32 Å². The Hall–Kier alpha value is -1.66. The van der Waals surface area contributed by atoms with E-state index < -0.39 is 4.92 Å². The number of benzene rings is 1. The van der Waals surface area contributed by atoms with E-state index in [0.717, 1.165) is 0 Å². The molecule has 0 spiro atoms. The van der Waals surface area contributed by atoms with E-state index in [1.807, 2.05) is 6.92 Å². The molecule has 0 aromatic heterocycles. The number of methoxy groups -OCH3 is 1. The van der Waals surface area contributed by atoms with Crippen molar-refractivity contribution in [3.05, 3.63) is 33.9 Å². The number of nitrogens with one attached hydrogen (secondary N) is 1. The second-order valence-corrected chi connectivity index (χ2v) is 3.77. The van der Waals surface area contributed by atoms with Gasteiger partial charge < -0.3 is 15.2 Å². The molecule has 0 heterocycles. The van der Waals surface area contributed by atoms with Crippen molar-refractivity contribution >= 4 is 11.4 Å². The summed E-state index contributed by atoms with van der Waals surface area (Å²) in [7, 11) is 1.57. The van der Waals surface area contributed by atoms with Gasteiger partial charge in [0.15, 0.2) is 0 Å². The second kappa shape index (κ2) is 6.17. The third-order valence-corrected chi connectivity index (χ3v) is 2.26. The van der Waals surface area contributed by atoms with Crippen LogP contribution in [0.4, 0.5) is 11.4 Å². The fourth-order valence-corrected chi connectivity index (χ4v) is 1.51. The highest BCUT2D eigenvalue weighted by atomic mass is 16.6. The van der Waals surface area contributed by atoms with Crippen LogP contribution in [-0.2, 0) is 11.3 Å². The summed E-state index contributed by atoms with van der Waals surface area (Å²) in [5, 5.41) is 22.8. The Morgan fingerprint density at radius 3 is 2.82 bits per heavy atom. The number of hydrogen-bond acceptors (Lipinski definition) is 5.